The summed E-state index contributed by atoms with van der Waals surface area (Å²) in [6, 6.07) is 14.2. The number of benzene rings is 2. The van der Waals surface area contributed by atoms with Crippen molar-refractivity contribution in [3.63, 3.8) is 0 Å². The van der Waals surface area contributed by atoms with E-state index >= 15 is 0 Å². The van der Waals surface area contributed by atoms with Crippen LogP contribution in [0, 0.1) is 0 Å². The van der Waals surface area contributed by atoms with Gasteiger partial charge in [-0.1, -0.05) is 18.2 Å². The van der Waals surface area contributed by atoms with Crippen LogP contribution in [-0.4, -0.2) is 31.1 Å². The topological polar surface area (TPSA) is 38.8 Å². The fourth-order valence-corrected chi connectivity index (χ4v) is 3.80. The van der Waals surface area contributed by atoms with E-state index in [0.29, 0.717) is 0 Å². The SMILES string of the molecule is COc1cccc(C2CCCN2C(=O)/C=C/c2ccc3c(c2)CCO3)c1. The molecule has 134 valence electrons. The van der Waals surface area contributed by atoms with E-state index in [9.17, 15) is 4.79 Å². The van der Waals surface area contributed by atoms with Crippen molar-refractivity contribution in [3.05, 3.63) is 65.2 Å². The van der Waals surface area contributed by atoms with Crippen molar-refractivity contribution >= 4 is 12.0 Å². The largest absolute Gasteiger partial charge is 0.497 e. The van der Waals surface area contributed by atoms with Gasteiger partial charge in [0.1, 0.15) is 11.5 Å². The normalized spacial score (nSPS) is 18.8. The molecule has 0 spiro atoms. The third-order valence-corrected chi connectivity index (χ3v) is 5.15. The van der Waals surface area contributed by atoms with Crippen LogP contribution in [0.2, 0.25) is 0 Å². The number of amides is 1. The predicted octanol–water partition coefficient (Wildman–Crippen LogP) is 4.01. The van der Waals surface area contributed by atoms with Gasteiger partial charge in [-0.3, -0.25) is 4.79 Å². The number of hydrogen-bond acceptors (Lipinski definition) is 3. The van der Waals surface area contributed by atoms with Crippen molar-refractivity contribution in [1.82, 2.24) is 4.90 Å². The lowest BCUT2D eigenvalue weighted by Crippen LogP contribution is -2.28. The van der Waals surface area contributed by atoms with Gasteiger partial charge in [-0.25, -0.2) is 0 Å². The quantitative estimate of drug-likeness (QED) is 0.783. The average Bonchev–Trinajstić information content (AvgIpc) is 3.35. The van der Waals surface area contributed by atoms with E-state index in [1.807, 2.05) is 41.3 Å². The molecule has 1 atom stereocenters. The summed E-state index contributed by atoms with van der Waals surface area (Å²) in [5.41, 5.74) is 3.40. The van der Waals surface area contributed by atoms with Gasteiger partial charge in [-0.15, -0.1) is 0 Å². The van der Waals surface area contributed by atoms with Crippen LogP contribution in [0.4, 0.5) is 0 Å². The number of nitrogens with zero attached hydrogens (tertiary/aromatic N) is 1. The number of carbonyl (C=O) groups is 1. The molecule has 1 unspecified atom stereocenters. The molecule has 4 rings (SSSR count). The average molecular weight is 349 g/mol. The molecule has 1 amide bonds. The maximum absolute atomic E-state index is 12.8. The van der Waals surface area contributed by atoms with Gasteiger partial charge in [0.2, 0.25) is 5.91 Å². The van der Waals surface area contributed by atoms with E-state index in [1.54, 1.807) is 13.2 Å². The minimum Gasteiger partial charge on any atom is -0.497 e. The van der Waals surface area contributed by atoms with Crippen molar-refractivity contribution < 1.29 is 14.3 Å². The first kappa shape index (κ1) is 16.7. The number of ether oxygens (including phenoxy) is 2. The van der Waals surface area contributed by atoms with Crippen LogP contribution in [0.25, 0.3) is 6.08 Å². The summed E-state index contributed by atoms with van der Waals surface area (Å²) in [7, 11) is 1.67. The Labute approximate surface area is 154 Å². The number of likely N-dealkylation sites (tertiary alicyclic amines) is 1. The molecule has 2 aliphatic rings. The van der Waals surface area contributed by atoms with Gasteiger partial charge in [0, 0.05) is 19.0 Å². The van der Waals surface area contributed by atoms with Crippen LogP contribution in [0.15, 0.2) is 48.5 Å². The zero-order valence-electron chi connectivity index (χ0n) is 15.0. The number of methoxy groups -OCH3 is 1. The van der Waals surface area contributed by atoms with Gasteiger partial charge in [0.25, 0.3) is 0 Å². The standard InChI is InChI=1S/C22H23NO3/c1-25-19-5-2-4-17(15-19)20-6-3-12-23(20)22(24)10-8-16-7-9-21-18(14-16)11-13-26-21/h2,4-5,7-10,14-15,20H,3,6,11-13H2,1H3/b10-8+. The molecule has 0 radical (unpaired) electrons. The first-order valence-electron chi connectivity index (χ1n) is 9.13. The highest BCUT2D eigenvalue weighted by atomic mass is 16.5. The van der Waals surface area contributed by atoms with Gasteiger partial charge in [-0.2, -0.15) is 0 Å². The van der Waals surface area contributed by atoms with Crippen LogP contribution >= 0.6 is 0 Å². The molecule has 2 aromatic rings. The second-order valence-corrected chi connectivity index (χ2v) is 6.77. The molecule has 0 aromatic heterocycles. The Morgan fingerprint density at radius 2 is 2.19 bits per heavy atom. The molecule has 2 aromatic carbocycles. The van der Waals surface area contributed by atoms with E-state index in [0.717, 1.165) is 55.0 Å². The van der Waals surface area contributed by atoms with Crippen LogP contribution in [0.3, 0.4) is 0 Å². The summed E-state index contributed by atoms with van der Waals surface area (Å²) in [6.45, 7) is 1.54. The van der Waals surface area contributed by atoms with E-state index in [-0.39, 0.29) is 11.9 Å². The van der Waals surface area contributed by atoms with Gasteiger partial charge in [-0.05, 0) is 59.9 Å². The first-order chi connectivity index (χ1) is 12.7. The van der Waals surface area contributed by atoms with Crippen LogP contribution in [-0.2, 0) is 11.2 Å². The molecule has 2 aliphatic heterocycles. The Bertz CT molecular complexity index is 843. The van der Waals surface area contributed by atoms with E-state index in [4.69, 9.17) is 9.47 Å². The third kappa shape index (κ3) is 3.32. The zero-order valence-corrected chi connectivity index (χ0v) is 15.0. The zero-order chi connectivity index (χ0) is 17.9. The van der Waals surface area contributed by atoms with Gasteiger partial charge < -0.3 is 14.4 Å². The van der Waals surface area contributed by atoms with Gasteiger partial charge >= 0.3 is 0 Å². The summed E-state index contributed by atoms with van der Waals surface area (Å²) >= 11 is 0. The second kappa shape index (κ2) is 7.24. The molecule has 0 N–H and O–H groups in total. The van der Waals surface area contributed by atoms with Crippen molar-refractivity contribution in [2.75, 3.05) is 20.3 Å². The smallest absolute Gasteiger partial charge is 0.247 e. The van der Waals surface area contributed by atoms with E-state index < -0.39 is 0 Å². The summed E-state index contributed by atoms with van der Waals surface area (Å²) < 4.78 is 10.9. The molecule has 2 heterocycles. The molecule has 0 bridgehead atoms. The first-order valence-corrected chi connectivity index (χ1v) is 9.13. The lowest BCUT2D eigenvalue weighted by molar-refractivity contribution is -0.126. The fourth-order valence-electron chi connectivity index (χ4n) is 3.80. The van der Waals surface area contributed by atoms with E-state index in [2.05, 4.69) is 12.1 Å². The van der Waals surface area contributed by atoms with Crippen LogP contribution in [0.5, 0.6) is 11.5 Å². The number of hydrogen-bond donors (Lipinski definition) is 0. The monoisotopic (exact) mass is 349 g/mol. The molecular formula is C22H23NO3. The van der Waals surface area contributed by atoms with Gasteiger partial charge in [0.15, 0.2) is 0 Å². The molecule has 1 saturated heterocycles. The highest BCUT2D eigenvalue weighted by Gasteiger charge is 2.28. The third-order valence-electron chi connectivity index (χ3n) is 5.15. The maximum atomic E-state index is 12.8. The van der Waals surface area contributed by atoms with Crippen LogP contribution < -0.4 is 9.47 Å². The molecule has 0 saturated carbocycles. The summed E-state index contributed by atoms with van der Waals surface area (Å²) in [4.78, 5) is 14.7. The Hall–Kier alpha value is -2.75. The molecule has 26 heavy (non-hydrogen) atoms. The van der Waals surface area contributed by atoms with Crippen molar-refractivity contribution in [2.24, 2.45) is 0 Å². The maximum Gasteiger partial charge on any atom is 0.247 e. The molecule has 0 aliphatic carbocycles. The van der Waals surface area contributed by atoms with Crippen molar-refractivity contribution in [3.8, 4) is 11.5 Å². The Morgan fingerprint density at radius 3 is 3.08 bits per heavy atom. The van der Waals surface area contributed by atoms with E-state index in [1.165, 1.54) is 5.56 Å². The van der Waals surface area contributed by atoms with Crippen molar-refractivity contribution in [1.29, 1.82) is 0 Å². The molecule has 1 fully saturated rings. The number of fused-ring (bicyclic) bond motifs is 1. The number of rotatable bonds is 4. The molecule has 4 nitrogen and oxygen atoms in total. The minimum atomic E-state index is 0.0621. The van der Waals surface area contributed by atoms with Crippen LogP contribution in [0.1, 0.15) is 35.6 Å². The number of carbonyl (C=O) groups excluding carboxylic acids is 1. The lowest BCUT2D eigenvalue weighted by atomic mass is 10.0. The Kier molecular flexibility index (Phi) is 4.65. The Balaban J connectivity index is 1.49. The molecule has 4 heteroatoms. The summed E-state index contributed by atoms with van der Waals surface area (Å²) in [6.07, 6.45) is 6.55. The Morgan fingerprint density at radius 1 is 1.27 bits per heavy atom. The summed E-state index contributed by atoms with van der Waals surface area (Å²) in [5.74, 6) is 1.86. The van der Waals surface area contributed by atoms with Crippen molar-refractivity contribution in [2.45, 2.75) is 25.3 Å². The molecular weight excluding hydrogens is 326 g/mol. The second-order valence-electron chi connectivity index (χ2n) is 6.77. The fraction of sp³-hybridized carbons (Fsp3) is 0.318. The predicted molar refractivity (Wildman–Crippen MR) is 101 cm³/mol. The highest BCUT2D eigenvalue weighted by Crippen LogP contribution is 2.33. The van der Waals surface area contributed by atoms with Gasteiger partial charge in [0.05, 0.1) is 19.8 Å². The lowest BCUT2D eigenvalue weighted by Gasteiger charge is -2.24. The summed E-state index contributed by atoms with van der Waals surface area (Å²) in [5, 5.41) is 0. The minimum absolute atomic E-state index is 0.0621. The highest BCUT2D eigenvalue weighted by molar-refractivity contribution is 5.92.